The third kappa shape index (κ3) is 3.17. The van der Waals surface area contributed by atoms with Crippen LogP contribution in [0.25, 0.3) is 10.8 Å². The molecule has 0 amide bonds. The summed E-state index contributed by atoms with van der Waals surface area (Å²) >= 11 is 0. The quantitative estimate of drug-likeness (QED) is 0.809. The summed E-state index contributed by atoms with van der Waals surface area (Å²) < 4.78 is 38.0. The predicted octanol–water partition coefficient (Wildman–Crippen LogP) is 1.08. The molecule has 108 valence electrons. The van der Waals surface area contributed by atoms with Gasteiger partial charge in [0.2, 0.25) is 10.0 Å². The summed E-state index contributed by atoms with van der Waals surface area (Å²) in [7, 11) is -4.67. The number of nitrogens with two attached hydrogens (primary N) is 1. The zero-order valence-corrected chi connectivity index (χ0v) is 12.6. The molecule has 7 heteroatoms. The third-order valence-corrected chi connectivity index (χ3v) is 5.19. The topological polar surface area (TPSA) is 89.3 Å². The number of nitrogen functional groups attached to an aromatic ring is 1. The highest BCUT2D eigenvalue weighted by Crippen LogP contribution is 2.27. The smallest absolute Gasteiger partial charge is 0.241 e. The molecule has 0 saturated carbocycles. The second kappa shape index (κ2) is 5.90. The Labute approximate surface area is 120 Å². The number of hydrogen-bond donors (Lipinski definition) is 2. The van der Waals surface area contributed by atoms with E-state index < -0.39 is 20.8 Å². The van der Waals surface area contributed by atoms with E-state index in [9.17, 15) is 12.6 Å². The van der Waals surface area contributed by atoms with Crippen LogP contribution in [-0.4, -0.2) is 31.2 Å². The Kier molecular flexibility index (Phi) is 4.42. The first-order chi connectivity index (χ1) is 9.42. The molecule has 1 unspecified atom stereocenters. The normalized spacial score (nSPS) is 13.4. The Hall–Kier alpha value is -1.44. The highest BCUT2D eigenvalue weighted by Gasteiger charge is 2.17. The second-order valence-corrected chi connectivity index (χ2v) is 7.66. The van der Waals surface area contributed by atoms with Crippen LogP contribution >= 0.6 is 0 Å². The largest absolute Gasteiger partial charge is 0.398 e. The molecule has 0 spiro atoms. The van der Waals surface area contributed by atoms with Gasteiger partial charge in [0.1, 0.15) is 0 Å². The first-order valence-electron chi connectivity index (χ1n) is 5.99. The van der Waals surface area contributed by atoms with Crippen LogP contribution in [0.5, 0.6) is 0 Å². The van der Waals surface area contributed by atoms with Gasteiger partial charge in [-0.05, 0) is 12.1 Å². The molecule has 0 bridgehead atoms. The van der Waals surface area contributed by atoms with Gasteiger partial charge in [-0.3, -0.25) is 4.21 Å². The van der Waals surface area contributed by atoms with Crippen molar-refractivity contribution in [3.63, 3.8) is 0 Å². The summed E-state index contributed by atoms with van der Waals surface area (Å²) in [6.07, 6.45) is 1.53. The lowest BCUT2D eigenvalue weighted by molar-refractivity contribution is 0.585. The van der Waals surface area contributed by atoms with Crippen LogP contribution in [0.1, 0.15) is 0 Å². The maximum Gasteiger partial charge on any atom is 0.241 e. The third-order valence-electron chi connectivity index (χ3n) is 2.89. The summed E-state index contributed by atoms with van der Waals surface area (Å²) in [6.45, 7) is 0.143. The van der Waals surface area contributed by atoms with E-state index in [1.54, 1.807) is 24.3 Å². The van der Waals surface area contributed by atoms with E-state index in [1.165, 1.54) is 12.3 Å². The summed E-state index contributed by atoms with van der Waals surface area (Å²) in [4.78, 5) is 0.184. The van der Waals surface area contributed by atoms with Crippen LogP contribution < -0.4 is 10.5 Å². The molecule has 3 N–H and O–H groups in total. The Balaban J connectivity index is 2.42. The molecule has 0 aromatic heterocycles. The number of rotatable bonds is 5. The average molecular weight is 312 g/mol. The Morgan fingerprint density at radius 3 is 2.45 bits per heavy atom. The fourth-order valence-electron chi connectivity index (χ4n) is 1.93. The van der Waals surface area contributed by atoms with Gasteiger partial charge in [0, 0.05) is 45.8 Å². The van der Waals surface area contributed by atoms with Gasteiger partial charge in [0.15, 0.2) is 0 Å². The second-order valence-electron chi connectivity index (χ2n) is 4.37. The van der Waals surface area contributed by atoms with Gasteiger partial charge in [-0.15, -0.1) is 0 Å². The molecule has 2 aromatic carbocycles. The molecule has 1 atom stereocenters. The lowest BCUT2D eigenvalue weighted by atomic mass is 10.1. The highest BCUT2D eigenvalue weighted by molar-refractivity contribution is 7.89. The SMILES string of the molecule is CS(=O)CCNS(=O)(=O)c1ccc(N)c2ccccc12. The maximum absolute atomic E-state index is 12.3. The van der Waals surface area contributed by atoms with Crippen LogP contribution in [0.15, 0.2) is 41.3 Å². The predicted molar refractivity (Wildman–Crippen MR) is 82.5 cm³/mol. The molecule has 0 aliphatic carbocycles. The Bertz CT molecular complexity index is 757. The zero-order chi connectivity index (χ0) is 14.8. The molecule has 2 rings (SSSR count). The van der Waals surface area contributed by atoms with Gasteiger partial charge in [-0.2, -0.15) is 0 Å². The molecule has 0 aliphatic rings. The lowest BCUT2D eigenvalue weighted by Crippen LogP contribution is -2.28. The number of nitrogens with one attached hydrogen (secondary N) is 1. The van der Waals surface area contributed by atoms with Crippen LogP contribution in [0.4, 0.5) is 5.69 Å². The molecule has 0 fully saturated rings. The average Bonchev–Trinajstić information content (AvgIpc) is 2.38. The van der Waals surface area contributed by atoms with Crippen LogP contribution in [0.2, 0.25) is 0 Å². The fraction of sp³-hybridized carbons (Fsp3) is 0.231. The van der Waals surface area contributed by atoms with Crippen molar-refractivity contribution in [1.29, 1.82) is 0 Å². The number of benzene rings is 2. The first-order valence-corrected chi connectivity index (χ1v) is 9.20. The molecule has 0 aliphatic heterocycles. The van der Waals surface area contributed by atoms with E-state index >= 15 is 0 Å². The van der Waals surface area contributed by atoms with Gasteiger partial charge < -0.3 is 5.73 Å². The minimum Gasteiger partial charge on any atom is -0.398 e. The molecule has 0 saturated heterocycles. The zero-order valence-electron chi connectivity index (χ0n) is 11.0. The summed E-state index contributed by atoms with van der Waals surface area (Å²) in [5, 5.41) is 1.28. The number of fused-ring (bicyclic) bond motifs is 1. The first kappa shape index (κ1) is 15.0. The molecule has 20 heavy (non-hydrogen) atoms. The van der Waals surface area contributed by atoms with E-state index in [1.807, 2.05) is 6.07 Å². The van der Waals surface area contributed by atoms with E-state index in [-0.39, 0.29) is 17.2 Å². The van der Waals surface area contributed by atoms with Crippen molar-refractivity contribution in [1.82, 2.24) is 4.72 Å². The van der Waals surface area contributed by atoms with Crippen molar-refractivity contribution in [2.75, 3.05) is 24.3 Å². The van der Waals surface area contributed by atoms with Gasteiger partial charge >= 0.3 is 0 Å². The van der Waals surface area contributed by atoms with Gasteiger partial charge in [-0.1, -0.05) is 24.3 Å². The van der Waals surface area contributed by atoms with Crippen molar-refractivity contribution >= 4 is 37.3 Å². The molecule has 0 heterocycles. The molecule has 2 aromatic rings. The maximum atomic E-state index is 12.3. The van der Waals surface area contributed by atoms with Crippen molar-refractivity contribution in [2.45, 2.75) is 4.90 Å². The summed E-state index contributed by atoms with van der Waals surface area (Å²) in [6, 6.07) is 10.1. The van der Waals surface area contributed by atoms with E-state index in [0.29, 0.717) is 16.5 Å². The lowest BCUT2D eigenvalue weighted by Gasteiger charge is -2.10. The van der Waals surface area contributed by atoms with E-state index in [4.69, 9.17) is 5.73 Å². The number of hydrogen-bond acceptors (Lipinski definition) is 4. The standard InChI is InChI=1S/C13H16N2O3S2/c1-19(16)9-8-15-20(17,18)13-7-6-12(14)10-4-2-3-5-11(10)13/h2-7,15H,8-9,14H2,1H3. The van der Waals surface area contributed by atoms with Crippen LogP contribution in [0.3, 0.4) is 0 Å². The van der Waals surface area contributed by atoms with Crippen LogP contribution in [-0.2, 0) is 20.8 Å². The molecule has 5 nitrogen and oxygen atoms in total. The van der Waals surface area contributed by atoms with Gasteiger partial charge in [0.05, 0.1) is 4.90 Å². The summed E-state index contributed by atoms with van der Waals surface area (Å²) in [5.41, 5.74) is 6.39. The van der Waals surface area contributed by atoms with Crippen LogP contribution in [0, 0.1) is 0 Å². The minimum absolute atomic E-state index is 0.143. The highest BCUT2D eigenvalue weighted by atomic mass is 32.2. The fourth-order valence-corrected chi connectivity index (χ4v) is 3.69. The molecule has 0 radical (unpaired) electrons. The van der Waals surface area contributed by atoms with Crippen molar-refractivity contribution < 1.29 is 12.6 Å². The van der Waals surface area contributed by atoms with E-state index in [0.717, 1.165) is 0 Å². The molecular formula is C13H16N2O3S2. The Morgan fingerprint density at radius 2 is 1.80 bits per heavy atom. The van der Waals surface area contributed by atoms with Gasteiger partial charge in [-0.25, -0.2) is 13.1 Å². The van der Waals surface area contributed by atoms with Gasteiger partial charge in [0.25, 0.3) is 0 Å². The minimum atomic E-state index is -3.64. The number of sulfonamides is 1. The monoisotopic (exact) mass is 312 g/mol. The Morgan fingerprint density at radius 1 is 1.15 bits per heavy atom. The summed E-state index contributed by atoms with van der Waals surface area (Å²) in [5.74, 6) is 0.284. The van der Waals surface area contributed by atoms with E-state index in [2.05, 4.69) is 4.72 Å². The van der Waals surface area contributed by atoms with Crippen molar-refractivity contribution in [3.05, 3.63) is 36.4 Å². The van der Waals surface area contributed by atoms with Crippen molar-refractivity contribution in [3.8, 4) is 0 Å². The molecular weight excluding hydrogens is 296 g/mol. The van der Waals surface area contributed by atoms with Crippen molar-refractivity contribution in [2.24, 2.45) is 0 Å². The number of anilines is 1.